The smallest absolute Gasteiger partial charge is 0.330 e. The van der Waals surface area contributed by atoms with Crippen molar-refractivity contribution >= 4 is 28.0 Å². The molecule has 0 atom stereocenters. The van der Waals surface area contributed by atoms with Crippen LogP contribution in [0.15, 0.2) is 59.1 Å². The van der Waals surface area contributed by atoms with Crippen molar-refractivity contribution in [1.82, 2.24) is 0 Å². The maximum Gasteiger partial charge on any atom is 0.330 e. The highest BCUT2D eigenvalue weighted by molar-refractivity contribution is 9.10. The predicted octanol–water partition coefficient (Wildman–Crippen LogP) is 4.69. The Labute approximate surface area is 127 Å². The number of hydrogen-bond acceptors (Lipinski definition) is 2. The summed E-state index contributed by atoms with van der Waals surface area (Å²) in [7, 11) is 0. The van der Waals surface area contributed by atoms with Gasteiger partial charge in [0.05, 0.1) is 6.61 Å². The van der Waals surface area contributed by atoms with E-state index >= 15 is 0 Å². The Kier molecular flexibility index (Phi) is 5.13. The van der Waals surface area contributed by atoms with Gasteiger partial charge < -0.3 is 4.74 Å². The zero-order valence-corrected chi connectivity index (χ0v) is 12.8. The lowest BCUT2D eigenvalue weighted by Crippen LogP contribution is -1.98. The third-order valence-electron chi connectivity index (χ3n) is 2.79. The first-order valence-electron chi connectivity index (χ1n) is 6.40. The molecule has 0 aliphatic carbocycles. The van der Waals surface area contributed by atoms with Crippen LogP contribution in [0.3, 0.4) is 0 Å². The molecule has 102 valence electrons. The van der Waals surface area contributed by atoms with Gasteiger partial charge in [0.2, 0.25) is 0 Å². The fourth-order valence-corrected chi connectivity index (χ4v) is 2.25. The van der Waals surface area contributed by atoms with Gasteiger partial charge in [0, 0.05) is 10.5 Å². The summed E-state index contributed by atoms with van der Waals surface area (Å²) in [6.07, 6.45) is 3.24. The van der Waals surface area contributed by atoms with Crippen molar-refractivity contribution in [3.8, 4) is 11.1 Å². The van der Waals surface area contributed by atoms with Crippen LogP contribution in [0.25, 0.3) is 17.2 Å². The number of carbonyl (C=O) groups excluding carboxylic acids is 1. The van der Waals surface area contributed by atoms with Crippen molar-refractivity contribution in [2.75, 3.05) is 6.61 Å². The van der Waals surface area contributed by atoms with E-state index in [4.69, 9.17) is 4.74 Å². The summed E-state index contributed by atoms with van der Waals surface area (Å²) in [5.41, 5.74) is 3.16. The maximum absolute atomic E-state index is 11.4. The van der Waals surface area contributed by atoms with Crippen LogP contribution >= 0.6 is 15.9 Å². The van der Waals surface area contributed by atoms with E-state index in [1.807, 2.05) is 48.5 Å². The number of halogens is 1. The van der Waals surface area contributed by atoms with E-state index in [2.05, 4.69) is 15.9 Å². The maximum atomic E-state index is 11.4. The van der Waals surface area contributed by atoms with Gasteiger partial charge in [-0.15, -0.1) is 0 Å². The van der Waals surface area contributed by atoms with Gasteiger partial charge in [-0.2, -0.15) is 0 Å². The number of benzene rings is 2. The number of hydrogen-bond donors (Lipinski definition) is 0. The average Bonchev–Trinajstić information content (AvgIpc) is 2.47. The first kappa shape index (κ1) is 14.5. The molecule has 0 fully saturated rings. The lowest BCUT2D eigenvalue weighted by molar-refractivity contribution is -0.137. The Morgan fingerprint density at radius 1 is 1.20 bits per heavy atom. The first-order chi connectivity index (χ1) is 9.70. The van der Waals surface area contributed by atoms with E-state index in [9.17, 15) is 4.79 Å². The van der Waals surface area contributed by atoms with Gasteiger partial charge in [-0.1, -0.05) is 52.3 Å². The minimum Gasteiger partial charge on any atom is -0.463 e. The minimum absolute atomic E-state index is 0.325. The fraction of sp³-hybridized carbons (Fsp3) is 0.118. The minimum atomic E-state index is -0.325. The first-order valence-corrected chi connectivity index (χ1v) is 7.20. The molecule has 0 unspecified atom stereocenters. The second-order valence-corrected chi connectivity index (χ2v) is 5.10. The van der Waals surface area contributed by atoms with Gasteiger partial charge >= 0.3 is 5.97 Å². The normalized spacial score (nSPS) is 10.7. The van der Waals surface area contributed by atoms with Crippen molar-refractivity contribution in [2.45, 2.75) is 6.92 Å². The van der Waals surface area contributed by atoms with Crippen LogP contribution in [-0.4, -0.2) is 12.6 Å². The second-order valence-electron chi connectivity index (χ2n) is 4.18. The summed E-state index contributed by atoms with van der Waals surface area (Å²) < 4.78 is 5.90. The van der Waals surface area contributed by atoms with E-state index in [0.717, 1.165) is 21.2 Å². The van der Waals surface area contributed by atoms with Crippen LogP contribution in [0.1, 0.15) is 12.5 Å². The van der Waals surface area contributed by atoms with Gasteiger partial charge in [-0.05, 0) is 41.8 Å². The van der Waals surface area contributed by atoms with Gasteiger partial charge in [0.15, 0.2) is 0 Å². The largest absolute Gasteiger partial charge is 0.463 e. The lowest BCUT2D eigenvalue weighted by Gasteiger charge is -2.07. The number of esters is 1. The monoisotopic (exact) mass is 330 g/mol. The van der Waals surface area contributed by atoms with Crippen molar-refractivity contribution in [2.24, 2.45) is 0 Å². The van der Waals surface area contributed by atoms with Crippen LogP contribution in [0.4, 0.5) is 0 Å². The molecule has 0 saturated heterocycles. The SMILES string of the molecule is CCOC(=O)/C=C/c1ccc(Br)cc1-c1ccccc1. The lowest BCUT2D eigenvalue weighted by atomic mass is 9.99. The van der Waals surface area contributed by atoms with E-state index in [1.54, 1.807) is 13.0 Å². The Morgan fingerprint density at radius 2 is 1.95 bits per heavy atom. The van der Waals surface area contributed by atoms with Gasteiger partial charge in [-0.3, -0.25) is 0 Å². The molecular formula is C17H15BrO2. The third kappa shape index (κ3) is 3.81. The molecule has 2 aromatic rings. The molecule has 0 aliphatic rings. The van der Waals surface area contributed by atoms with Crippen LogP contribution in [-0.2, 0) is 9.53 Å². The summed E-state index contributed by atoms with van der Waals surface area (Å²) in [6, 6.07) is 16.0. The molecule has 2 aromatic carbocycles. The molecule has 3 heteroatoms. The Morgan fingerprint density at radius 3 is 2.65 bits per heavy atom. The molecular weight excluding hydrogens is 316 g/mol. The molecule has 20 heavy (non-hydrogen) atoms. The fourth-order valence-electron chi connectivity index (χ4n) is 1.89. The summed E-state index contributed by atoms with van der Waals surface area (Å²) in [6.45, 7) is 2.18. The summed E-state index contributed by atoms with van der Waals surface area (Å²) in [4.78, 5) is 11.4. The zero-order chi connectivity index (χ0) is 14.4. The van der Waals surface area contributed by atoms with Gasteiger partial charge in [-0.25, -0.2) is 4.79 Å². The summed E-state index contributed by atoms with van der Waals surface area (Å²) in [5, 5.41) is 0. The van der Waals surface area contributed by atoms with Gasteiger partial charge in [0.25, 0.3) is 0 Å². The van der Waals surface area contributed by atoms with Crippen molar-refractivity contribution in [3.05, 3.63) is 64.6 Å². The molecule has 0 aliphatic heterocycles. The highest BCUT2D eigenvalue weighted by atomic mass is 79.9. The predicted molar refractivity (Wildman–Crippen MR) is 85.2 cm³/mol. The van der Waals surface area contributed by atoms with Gasteiger partial charge in [0.1, 0.15) is 0 Å². The number of rotatable bonds is 4. The van der Waals surface area contributed by atoms with E-state index in [1.165, 1.54) is 6.08 Å². The van der Waals surface area contributed by atoms with E-state index < -0.39 is 0 Å². The molecule has 2 rings (SSSR count). The Bertz CT molecular complexity index is 618. The highest BCUT2D eigenvalue weighted by Gasteiger charge is 2.04. The molecule has 0 heterocycles. The van der Waals surface area contributed by atoms with Crippen LogP contribution in [0.5, 0.6) is 0 Å². The van der Waals surface area contributed by atoms with E-state index in [-0.39, 0.29) is 5.97 Å². The number of ether oxygens (including phenoxy) is 1. The molecule has 0 saturated carbocycles. The quantitative estimate of drug-likeness (QED) is 0.600. The highest BCUT2D eigenvalue weighted by Crippen LogP contribution is 2.28. The molecule has 2 nitrogen and oxygen atoms in total. The van der Waals surface area contributed by atoms with Crippen molar-refractivity contribution in [3.63, 3.8) is 0 Å². The van der Waals surface area contributed by atoms with Crippen molar-refractivity contribution < 1.29 is 9.53 Å². The van der Waals surface area contributed by atoms with E-state index in [0.29, 0.717) is 6.61 Å². The second kappa shape index (κ2) is 7.06. The van der Waals surface area contributed by atoms with Crippen LogP contribution in [0, 0.1) is 0 Å². The van der Waals surface area contributed by atoms with Crippen LogP contribution in [0.2, 0.25) is 0 Å². The number of carbonyl (C=O) groups is 1. The molecule has 0 bridgehead atoms. The molecule has 0 aromatic heterocycles. The summed E-state index contributed by atoms with van der Waals surface area (Å²) in [5.74, 6) is -0.325. The average molecular weight is 331 g/mol. The Balaban J connectivity index is 2.37. The third-order valence-corrected chi connectivity index (χ3v) is 3.28. The molecule has 0 radical (unpaired) electrons. The van der Waals surface area contributed by atoms with Crippen molar-refractivity contribution in [1.29, 1.82) is 0 Å². The van der Waals surface area contributed by atoms with Crippen LogP contribution < -0.4 is 0 Å². The zero-order valence-electron chi connectivity index (χ0n) is 11.2. The molecule has 0 spiro atoms. The topological polar surface area (TPSA) is 26.3 Å². The standard InChI is InChI=1S/C17H15BrO2/c1-2-20-17(19)11-9-14-8-10-15(18)12-16(14)13-6-4-3-5-7-13/h3-12H,2H2,1H3/b11-9+. The molecule has 0 amide bonds. The summed E-state index contributed by atoms with van der Waals surface area (Å²) >= 11 is 3.48. The Hall–Kier alpha value is -1.87. The molecule has 0 N–H and O–H groups in total.